The van der Waals surface area contributed by atoms with E-state index in [0.29, 0.717) is 18.1 Å². The minimum atomic E-state index is -3.66. The highest BCUT2D eigenvalue weighted by Crippen LogP contribution is 2.37. The first-order valence-electron chi connectivity index (χ1n) is 8.15. The van der Waals surface area contributed by atoms with Gasteiger partial charge in [0.25, 0.3) is 0 Å². The maximum Gasteiger partial charge on any atom is 0.244 e. The number of sulfonamides is 1. The molecule has 2 heterocycles. The van der Waals surface area contributed by atoms with Crippen molar-refractivity contribution in [1.29, 1.82) is 0 Å². The average Bonchev–Trinajstić information content (AvgIpc) is 3.11. The highest BCUT2D eigenvalue weighted by Gasteiger charge is 2.37. The van der Waals surface area contributed by atoms with Gasteiger partial charge in [0.15, 0.2) is 0 Å². The van der Waals surface area contributed by atoms with E-state index in [0.717, 1.165) is 15.7 Å². The summed E-state index contributed by atoms with van der Waals surface area (Å²) < 4.78 is 31.3. The maximum absolute atomic E-state index is 13.3. The van der Waals surface area contributed by atoms with Gasteiger partial charge < -0.3 is 4.57 Å². The van der Waals surface area contributed by atoms with Gasteiger partial charge in [0.1, 0.15) is 0 Å². The summed E-state index contributed by atoms with van der Waals surface area (Å²) in [6.07, 6.45) is 1.99. The number of nitrogens with zero attached hydrogens (tertiary/aromatic N) is 2. The summed E-state index contributed by atoms with van der Waals surface area (Å²) in [4.78, 5) is 0.254. The Morgan fingerprint density at radius 2 is 1.65 bits per heavy atom. The SMILES string of the molecule is O=S(=O)(c1ccc(Cl)cc1)N1CCn2cccc2[C@H]1c1ccc(Br)cc1. The van der Waals surface area contributed by atoms with Gasteiger partial charge in [-0.05, 0) is 54.1 Å². The third-order valence-electron chi connectivity index (χ3n) is 4.60. The normalized spacial score (nSPS) is 17.8. The van der Waals surface area contributed by atoms with Gasteiger partial charge in [-0.3, -0.25) is 0 Å². The third-order valence-corrected chi connectivity index (χ3v) is 7.26. The summed E-state index contributed by atoms with van der Waals surface area (Å²) in [6.45, 7) is 1.04. The number of fused-ring (bicyclic) bond motifs is 1. The molecule has 0 N–H and O–H groups in total. The lowest BCUT2D eigenvalue weighted by Crippen LogP contribution is -2.42. The summed E-state index contributed by atoms with van der Waals surface area (Å²) in [5.74, 6) is 0. The van der Waals surface area contributed by atoms with Crippen LogP contribution in [0.25, 0.3) is 0 Å². The van der Waals surface area contributed by atoms with Crippen LogP contribution in [-0.2, 0) is 16.6 Å². The van der Waals surface area contributed by atoms with E-state index in [1.165, 1.54) is 0 Å². The first-order valence-corrected chi connectivity index (χ1v) is 10.8. The van der Waals surface area contributed by atoms with E-state index in [-0.39, 0.29) is 10.9 Å². The van der Waals surface area contributed by atoms with Crippen molar-refractivity contribution in [3.05, 3.63) is 87.6 Å². The molecule has 1 aliphatic heterocycles. The molecule has 1 aliphatic rings. The van der Waals surface area contributed by atoms with E-state index in [1.54, 1.807) is 28.6 Å². The molecule has 26 heavy (non-hydrogen) atoms. The van der Waals surface area contributed by atoms with Crippen LogP contribution < -0.4 is 0 Å². The van der Waals surface area contributed by atoms with E-state index in [1.807, 2.05) is 42.6 Å². The standard InChI is InChI=1S/C19H16BrClN2O2S/c20-15-5-3-14(4-6-15)19-18-2-1-11-22(18)12-13-23(19)26(24,25)17-9-7-16(21)8-10-17/h1-11,19H,12-13H2/t19-/m1/s1. The quantitative estimate of drug-likeness (QED) is 0.579. The molecule has 0 aliphatic carbocycles. The molecule has 0 unspecified atom stereocenters. The Morgan fingerprint density at radius 1 is 0.962 bits per heavy atom. The van der Waals surface area contributed by atoms with Crippen molar-refractivity contribution >= 4 is 37.6 Å². The maximum atomic E-state index is 13.3. The van der Waals surface area contributed by atoms with Crippen LogP contribution in [0.2, 0.25) is 5.02 Å². The Morgan fingerprint density at radius 3 is 2.35 bits per heavy atom. The van der Waals surface area contributed by atoms with Crippen molar-refractivity contribution in [2.24, 2.45) is 0 Å². The summed E-state index contributed by atoms with van der Waals surface area (Å²) in [7, 11) is -3.66. The largest absolute Gasteiger partial charge is 0.348 e. The van der Waals surface area contributed by atoms with Crippen molar-refractivity contribution in [3.63, 3.8) is 0 Å². The fraction of sp³-hybridized carbons (Fsp3) is 0.158. The van der Waals surface area contributed by atoms with Crippen molar-refractivity contribution in [2.45, 2.75) is 17.5 Å². The van der Waals surface area contributed by atoms with Crippen LogP contribution in [0.1, 0.15) is 17.3 Å². The molecule has 0 saturated heterocycles. The summed E-state index contributed by atoms with van der Waals surface area (Å²) in [6, 6.07) is 17.7. The van der Waals surface area contributed by atoms with Crippen molar-refractivity contribution < 1.29 is 8.42 Å². The van der Waals surface area contributed by atoms with Crippen LogP contribution in [0.15, 0.2) is 76.2 Å². The molecular formula is C19H16BrClN2O2S. The Bertz CT molecular complexity index is 1030. The zero-order chi connectivity index (χ0) is 18.3. The lowest BCUT2D eigenvalue weighted by Gasteiger charge is -2.36. The van der Waals surface area contributed by atoms with Gasteiger partial charge in [0, 0.05) is 34.5 Å². The fourth-order valence-electron chi connectivity index (χ4n) is 3.35. The van der Waals surface area contributed by atoms with Crippen LogP contribution in [0.3, 0.4) is 0 Å². The first kappa shape index (κ1) is 17.8. The molecule has 3 aromatic rings. The first-order chi connectivity index (χ1) is 12.5. The van der Waals surface area contributed by atoms with Gasteiger partial charge in [-0.1, -0.05) is 39.7 Å². The number of halogens is 2. The Kier molecular flexibility index (Phi) is 4.69. The van der Waals surface area contributed by atoms with Gasteiger partial charge in [-0.15, -0.1) is 0 Å². The number of benzene rings is 2. The van der Waals surface area contributed by atoms with E-state index < -0.39 is 10.0 Å². The summed E-state index contributed by atoms with van der Waals surface area (Å²) >= 11 is 9.37. The topological polar surface area (TPSA) is 42.3 Å². The van der Waals surface area contributed by atoms with Crippen LogP contribution >= 0.6 is 27.5 Å². The minimum Gasteiger partial charge on any atom is -0.348 e. The molecule has 134 valence electrons. The van der Waals surface area contributed by atoms with Crippen LogP contribution in [0.4, 0.5) is 0 Å². The molecule has 0 spiro atoms. The Hall–Kier alpha value is -1.60. The molecule has 0 amide bonds. The molecule has 0 bridgehead atoms. The minimum absolute atomic E-state index is 0.254. The summed E-state index contributed by atoms with van der Waals surface area (Å²) in [5, 5.41) is 0.515. The Balaban J connectivity index is 1.83. The number of hydrogen-bond acceptors (Lipinski definition) is 2. The third kappa shape index (κ3) is 3.11. The second kappa shape index (κ2) is 6.85. The fourth-order valence-corrected chi connectivity index (χ4v) is 5.32. The van der Waals surface area contributed by atoms with Crippen LogP contribution in [-0.4, -0.2) is 23.8 Å². The smallest absolute Gasteiger partial charge is 0.244 e. The number of rotatable bonds is 3. The molecule has 0 radical (unpaired) electrons. The van der Waals surface area contributed by atoms with E-state index in [4.69, 9.17) is 11.6 Å². The van der Waals surface area contributed by atoms with Crippen LogP contribution in [0, 0.1) is 0 Å². The number of hydrogen-bond donors (Lipinski definition) is 0. The molecular weight excluding hydrogens is 436 g/mol. The monoisotopic (exact) mass is 450 g/mol. The molecule has 4 nitrogen and oxygen atoms in total. The van der Waals surface area contributed by atoms with Gasteiger partial charge in [-0.25, -0.2) is 8.42 Å². The van der Waals surface area contributed by atoms with Gasteiger partial charge >= 0.3 is 0 Å². The molecule has 0 saturated carbocycles. The van der Waals surface area contributed by atoms with Crippen molar-refractivity contribution in [1.82, 2.24) is 8.87 Å². The zero-order valence-corrected chi connectivity index (χ0v) is 16.9. The molecule has 2 aromatic carbocycles. The Labute approximate surface area is 166 Å². The lowest BCUT2D eigenvalue weighted by molar-refractivity contribution is 0.298. The highest BCUT2D eigenvalue weighted by atomic mass is 79.9. The average molecular weight is 452 g/mol. The van der Waals surface area contributed by atoms with Crippen molar-refractivity contribution in [3.8, 4) is 0 Å². The van der Waals surface area contributed by atoms with E-state index >= 15 is 0 Å². The van der Waals surface area contributed by atoms with Gasteiger partial charge in [-0.2, -0.15) is 4.31 Å². The highest BCUT2D eigenvalue weighted by molar-refractivity contribution is 9.10. The molecule has 1 aromatic heterocycles. The molecule has 0 fully saturated rings. The second-order valence-corrected chi connectivity index (χ2v) is 9.39. The molecule has 4 rings (SSSR count). The summed E-state index contributed by atoms with van der Waals surface area (Å²) in [5.41, 5.74) is 1.90. The number of aromatic nitrogens is 1. The van der Waals surface area contributed by atoms with E-state index in [2.05, 4.69) is 20.5 Å². The molecule has 1 atom stereocenters. The second-order valence-electron chi connectivity index (χ2n) is 6.15. The predicted octanol–water partition coefficient (Wildman–Crippen LogP) is 4.70. The van der Waals surface area contributed by atoms with Crippen LogP contribution in [0.5, 0.6) is 0 Å². The zero-order valence-electron chi connectivity index (χ0n) is 13.7. The van der Waals surface area contributed by atoms with Gasteiger partial charge in [0.05, 0.1) is 10.9 Å². The molecule has 7 heteroatoms. The van der Waals surface area contributed by atoms with E-state index in [9.17, 15) is 8.42 Å². The lowest BCUT2D eigenvalue weighted by atomic mass is 10.0. The van der Waals surface area contributed by atoms with Crippen molar-refractivity contribution in [2.75, 3.05) is 6.54 Å². The van der Waals surface area contributed by atoms with Gasteiger partial charge in [0.2, 0.25) is 10.0 Å². The predicted molar refractivity (Wildman–Crippen MR) is 106 cm³/mol.